The van der Waals surface area contributed by atoms with Crippen molar-refractivity contribution in [3.8, 4) is 17.2 Å². The van der Waals surface area contributed by atoms with Gasteiger partial charge in [0.15, 0.2) is 5.82 Å². The summed E-state index contributed by atoms with van der Waals surface area (Å²) in [5.74, 6) is -1.44. The van der Waals surface area contributed by atoms with Crippen LogP contribution in [-0.4, -0.2) is 37.5 Å². The molecule has 1 aliphatic carbocycles. The Hall–Kier alpha value is -3.29. The summed E-state index contributed by atoms with van der Waals surface area (Å²) in [4.78, 5) is 4.70. The molecule has 1 aliphatic rings. The van der Waals surface area contributed by atoms with Crippen LogP contribution in [0.2, 0.25) is 0 Å². The summed E-state index contributed by atoms with van der Waals surface area (Å²) >= 11 is 1.05. The predicted octanol–water partition coefficient (Wildman–Crippen LogP) is 5.21. The molecule has 0 bridgehead atoms. The Morgan fingerprint density at radius 2 is 1.86 bits per heavy atom. The van der Waals surface area contributed by atoms with Crippen LogP contribution in [0, 0.1) is 36.8 Å². The van der Waals surface area contributed by atoms with Crippen molar-refractivity contribution < 1.29 is 8.78 Å². The topological polar surface area (TPSA) is 83.8 Å². The average molecular weight is 494 g/mol. The summed E-state index contributed by atoms with van der Waals surface area (Å²) in [6.45, 7) is 3.55. The Bertz CT molecular complexity index is 1440. The zero-order valence-corrected chi connectivity index (χ0v) is 20.5. The SMILES string of the molecule is CNC1CCC(n2ncc(-c3cc(Sc4nc(C)c(F)cc4F)c4c(C#N)cnn4c3)c2C)CC1. The van der Waals surface area contributed by atoms with Crippen LogP contribution in [-0.2, 0) is 0 Å². The summed E-state index contributed by atoms with van der Waals surface area (Å²) in [6.07, 6.45) is 9.54. The van der Waals surface area contributed by atoms with Crippen molar-refractivity contribution in [3.63, 3.8) is 0 Å². The minimum atomic E-state index is -0.749. The van der Waals surface area contributed by atoms with E-state index < -0.39 is 11.6 Å². The number of fused-ring (bicyclic) bond motifs is 1. The van der Waals surface area contributed by atoms with E-state index in [1.807, 2.05) is 25.5 Å². The molecule has 7 nitrogen and oxygen atoms in total. The Balaban J connectivity index is 1.56. The Morgan fingerprint density at radius 1 is 1.09 bits per heavy atom. The van der Waals surface area contributed by atoms with Crippen LogP contribution in [0.4, 0.5) is 8.78 Å². The Labute approximate surface area is 206 Å². The van der Waals surface area contributed by atoms with E-state index in [-0.39, 0.29) is 10.7 Å². The van der Waals surface area contributed by atoms with Crippen LogP contribution in [0.1, 0.15) is 48.7 Å². The fourth-order valence-corrected chi connectivity index (χ4v) is 5.82. The number of nitriles is 1. The van der Waals surface area contributed by atoms with Gasteiger partial charge in [-0.15, -0.1) is 0 Å². The van der Waals surface area contributed by atoms with Crippen molar-refractivity contribution in [2.45, 2.75) is 61.5 Å². The Morgan fingerprint density at radius 3 is 2.57 bits per heavy atom. The molecule has 1 saturated carbocycles. The van der Waals surface area contributed by atoms with Gasteiger partial charge in [-0.25, -0.2) is 18.3 Å². The molecule has 0 unspecified atom stereocenters. The van der Waals surface area contributed by atoms with E-state index in [0.717, 1.165) is 60.3 Å². The van der Waals surface area contributed by atoms with E-state index >= 15 is 0 Å². The van der Waals surface area contributed by atoms with Crippen LogP contribution < -0.4 is 5.32 Å². The predicted molar refractivity (Wildman–Crippen MR) is 129 cm³/mol. The molecular formula is C25H25F2N7S. The van der Waals surface area contributed by atoms with Gasteiger partial charge in [-0.05, 0) is 52.6 Å². The molecular weight excluding hydrogens is 468 g/mol. The van der Waals surface area contributed by atoms with Gasteiger partial charge < -0.3 is 5.32 Å². The molecule has 180 valence electrons. The second-order valence-electron chi connectivity index (χ2n) is 8.88. The number of hydrogen-bond donors (Lipinski definition) is 1. The number of nitrogens with one attached hydrogen (secondary N) is 1. The molecule has 0 radical (unpaired) electrons. The molecule has 0 aliphatic heterocycles. The van der Waals surface area contributed by atoms with Crippen molar-refractivity contribution >= 4 is 17.3 Å². The lowest BCUT2D eigenvalue weighted by molar-refractivity contribution is 0.281. The summed E-state index contributed by atoms with van der Waals surface area (Å²) in [5.41, 5.74) is 3.87. The minimum Gasteiger partial charge on any atom is -0.317 e. The van der Waals surface area contributed by atoms with Crippen molar-refractivity contribution in [1.82, 2.24) is 29.7 Å². The summed E-state index contributed by atoms with van der Waals surface area (Å²) < 4.78 is 32.0. The number of halogens is 2. The third kappa shape index (κ3) is 4.30. The number of hydrogen-bond acceptors (Lipinski definition) is 6. The second-order valence-corrected chi connectivity index (χ2v) is 9.91. The zero-order chi connectivity index (χ0) is 24.7. The van der Waals surface area contributed by atoms with Crippen molar-refractivity contribution in [2.75, 3.05) is 7.05 Å². The van der Waals surface area contributed by atoms with Gasteiger partial charge in [0.25, 0.3) is 0 Å². The molecule has 4 aromatic heterocycles. The second kappa shape index (κ2) is 9.40. The largest absolute Gasteiger partial charge is 0.317 e. The maximum Gasteiger partial charge on any atom is 0.158 e. The third-order valence-corrected chi connectivity index (χ3v) is 7.79. The van der Waals surface area contributed by atoms with Crippen LogP contribution >= 0.6 is 11.8 Å². The molecule has 5 rings (SSSR count). The number of nitrogens with zero attached hydrogens (tertiary/aromatic N) is 6. The maximum absolute atomic E-state index is 14.5. The van der Waals surface area contributed by atoms with Crippen LogP contribution in [0.3, 0.4) is 0 Å². The molecule has 0 atom stereocenters. The number of rotatable bonds is 5. The van der Waals surface area contributed by atoms with E-state index in [9.17, 15) is 14.0 Å². The molecule has 0 amide bonds. The highest BCUT2D eigenvalue weighted by molar-refractivity contribution is 7.99. The Kier molecular flexibility index (Phi) is 6.30. The van der Waals surface area contributed by atoms with E-state index in [1.54, 1.807) is 4.52 Å². The standard InChI is InChI=1S/C25H25F2N7S/c1-14-21(26)9-22(27)25(32-14)35-23-8-16(13-33-24(23)17(10-28)11-30-33)20-12-31-34(15(20)2)19-6-4-18(29-3)5-7-19/h8-9,11-13,18-19,29H,4-7H2,1-3H3. The lowest BCUT2D eigenvalue weighted by Gasteiger charge is -2.29. The molecule has 0 saturated heterocycles. The van der Waals surface area contributed by atoms with Gasteiger partial charge in [0.2, 0.25) is 0 Å². The quantitative estimate of drug-likeness (QED) is 0.411. The molecule has 1 N–H and O–H groups in total. The summed E-state index contributed by atoms with van der Waals surface area (Å²) in [6, 6.07) is 5.79. The fourth-order valence-electron chi connectivity index (χ4n) is 4.79. The van der Waals surface area contributed by atoms with Gasteiger partial charge >= 0.3 is 0 Å². The van der Waals surface area contributed by atoms with Crippen LogP contribution in [0.15, 0.2) is 40.6 Å². The highest BCUT2D eigenvalue weighted by atomic mass is 32.2. The first-order chi connectivity index (χ1) is 16.9. The van der Waals surface area contributed by atoms with Crippen molar-refractivity contribution in [3.05, 3.63) is 59.3 Å². The lowest BCUT2D eigenvalue weighted by Crippen LogP contribution is -2.31. The van der Waals surface area contributed by atoms with E-state index in [0.29, 0.717) is 28.1 Å². The van der Waals surface area contributed by atoms with Gasteiger partial charge in [-0.1, -0.05) is 11.8 Å². The fraction of sp³-hybridized carbons (Fsp3) is 0.360. The van der Waals surface area contributed by atoms with E-state index in [4.69, 9.17) is 5.10 Å². The maximum atomic E-state index is 14.5. The highest BCUT2D eigenvalue weighted by Crippen LogP contribution is 2.38. The number of pyridine rings is 2. The summed E-state index contributed by atoms with van der Waals surface area (Å²) in [5, 5.41) is 22.1. The first-order valence-electron chi connectivity index (χ1n) is 11.5. The molecule has 1 fully saturated rings. The van der Waals surface area contributed by atoms with Gasteiger partial charge in [-0.3, -0.25) is 4.68 Å². The van der Waals surface area contributed by atoms with Gasteiger partial charge in [0, 0.05) is 40.0 Å². The molecule has 0 aromatic carbocycles. The number of aromatic nitrogens is 5. The van der Waals surface area contributed by atoms with Crippen molar-refractivity contribution in [2.24, 2.45) is 0 Å². The molecule has 4 heterocycles. The highest BCUT2D eigenvalue weighted by Gasteiger charge is 2.25. The molecule has 0 spiro atoms. The molecule has 10 heteroatoms. The number of aryl methyl sites for hydroxylation is 1. The van der Waals surface area contributed by atoms with Crippen LogP contribution in [0.5, 0.6) is 0 Å². The normalized spacial score (nSPS) is 18.2. The summed E-state index contributed by atoms with van der Waals surface area (Å²) in [7, 11) is 2.01. The van der Waals surface area contributed by atoms with Gasteiger partial charge in [-0.2, -0.15) is 15.5 Å². The van der Waals surface area contributed by atoms with Crippen LogP contribution in [0.25, 0.3) is 16.6 Å². The first-order valence-corrected chi connectivity index (χ1v) is 12.3. The van der Waals surface area contributed by atoms with E-state index in [2.05, 4.69) is 33.1 Å². The van der Waals surface area contributed by atoms with Gasteiger partial charge in [0.1, 0.15) is 16.9 Å². The van der Waals surface area contributed by atoms with Crippen molar-refractivity contribution in [1.29, 1.82) is 5.26 Å². The lowest BCUT2D eigenvalue weighted by atomic mass is 9.91. The van der Waals surface area contributed by atoms with Gasteiger partial charge in [0.05, 0.1) is 35.2 Å². The zero-order valence-electron chi connectivity index (χ0n) is 19.7. The molecule has 4 aromatic rings. The third-order valence-electron chi connectivity index (χ3n) is 6.78. The average Bonchev–Trinajstić information content (AvgIpc) is 3.45. The monoisotopic (exact) mass is 493 g/mol. The minimum absolute atomic E-state index is 0.0433. The smallest absolute Gasteiger partial charge is 0.158 e. The van der Waals surface area contributed by atoms with E-state index in [1.165, 1.54) is 13.1 Å². The first kappa shape index (κ1) is 23.5. The molecule has 35 heavy (non-hydrogen) atoms.